The number of nitrogens with zero attached hydrogens (tertiary/aromatic N) is 4. The number of rotatable bonds is 12. The van der Waals surface area contributed by atoms with Crippen LogP contribution in [0.1, 0.15) is 72.0 Å². The van der Waals surface area contributed by atoms with E-state index in [1.807, 2.05) is 0 Å². The van der Waals surface area contributed by atoms with Gasteiger partial charge in [0.05, 0.1) is 0 Å². The van der Waals surface area contributed by atoms with Crippen molar-refractivity contribution in [3.8, 4) is 0 Å². The number of guanidine groups is 1. The van der Waals surface area contributed by atoms with Gasteiger partial charge in [0.2, 0.25) is 0 Å². The van der Waals surface area contributed by atoms with Gasteiger partial charge in [-0.15, -0.1) is 10.2 Å². The van der Waals surface area contributed by atoms with Crippen molar-refractivity contribution in [1.29, 1.82) is 0 Å². The highest BCUT2D eigenvalue weighted by Crippen LogP contribution is 2.02. The Balaban J connectivity index is 2.44. The molecule has 0 aromatic carbocycles. The Kier molecular flexibility index (Phi) is 10.9. The van der Waals surface area contributed by atoms with Gasteiger partial charge in [-0.2, -0.15) is 0 Å². The number of unbranched alkanes of at least 4 members (excludes halogenated alkanes) is 3. The summed E-state index contributed by atoms with van der Waals surface area (Å²) in [5.41, 5.74) is 0. The van der Waals surface area contributed by atoms with Gasteiger partial charge in [-0.25, -0.2) is 0 Å². The summed E-state index contributed by atoms with van der Waals surface area (Å²) < 4.78 is 2.10. The number of hydrogen-bond acceptors (Lipinski definition) is 3. The molecule has 0 fully saturated rings. The van der Waals surface area contributed by atoms with Gasteiger partial charge in [0.15, 0.2) is 5.96 Å². The molecule has 0 saturated heterocycles. The van der Waals surface area contributed by atoms with Gasteiger partial charge >= 0.3 is 0 Å². The summed E-state index contributed by atoms with van der Waals surface area (Å²) in [6.45, 7) is 11.3. The molecule has 0 radical (unpaired) electrons. The van der Waals surface area contributed by atoms with Crippen LogP contribution >= 0.6 is 0 Å². The highest BCUT2D eigenvalue weighted by Gasteiger charge is 2.06. The van der Waals surface area contributed by atoms with E-state index in [0.29, 0.717) is 6.04 Å². The third-order valence-electron chi connectivity index (χ3n) is 4.06. The zero-order chi connectivity index (χ0) is 17.6. The topological polar surface area (TPSA) is 67.1 Å². The smallest absolute Gasteiger partial charge is 0.191 e. The standard InChI is InChI=1S/C18H36N6/c1-5-8-10-11-16(4)22-18(19-12-9-6-2)20-13-14-24-15-21-23-17(24)7-3/h15-16H,5-14H2,1-4H3,(H2,19,20,22). The fraction of sp³-hybridized carbons (Fsp3) is 0.833. The number of aromatic nitrogens is 3. The fourth-order valence-corrected chi connectivity index (χ4v) is 2.54. The van der Waals surface area contributed by atoms with Gasteiger partial charge < -0.3 is 15.2 Å². The quantitative estimate of drug-likeness (QED) is 0.349. The van der Waals surface area contributed by atoms with E-state index < -0.39 is 0 Å². The van der Waals surface area contributed by atoms with Crippen LogP contribution in [0.15, 0.2) is 11.3 Å². The molecule has 1 rings (SSSR count). The van der Waals surface area contributed by atoms with Gasteiger partial charge in [0, 0.05) is 32.1 Å². The molecule has 0 bridgehead atoms. The Morgan fingerprint density at radius 1 is 1.21 bits per heavy atom. The Morgan fingerprint density at radius 3 is 2.71 bits per heavy atom. The highest BCUT2D eigenvalue weighted by atomic mass is 15.3. The summed E-state index contributed by atoms with van der Waals surface area (Å²) >= 11 is 0. The zero-order valence-corrected chi connectivity index (χ0v) is 16.0. The molecule has 0 aliphatic rings. The van der Waals surface area contributed by atoms with Crippen LogP contribution in [0.4, 0.5) is 0 Å². The first-order valence-corrected chi connectivity index (χ1v) is 9.62. The van der Waals surface area contributed by atoms with Crippen molar-refractivity contribution in [2.45, 2.75) is 85.2 Å². The molecule has 138 valence electrons. The predicted octanol–water partition coefficient (Wildman–Crippen LogP) is 3.14. The van der Waals surface area contributed by atoms with E-state index in [0.717, 1.165) is 44.3 Å². The molecule has 2 N–H and O–H groups in total. The first-order chi connectivity index (χ1) is 11.7. The third kappa shape index (κ3) is 8.31. The summed E-state index contributed by atoms with van der Waals surface area (Å²) in [7, 11) is 0. The maximum Gasteiger partial charge on any atom is 0.191 e. The fourth-order valence-electron chi connectivity index (χ4n) is 2.54. The molecule has 1 atom stereocenters. The molecule has 0 aliphatic carbocycles. The van der Waals surface area contributed by atoms with Crippen LogP contribution < -0.4 is 10.6 Å². The van der Waals surface area contributed by atoms with Crippen LogP contribution in [0, 0.1) is 0 Å². The van der Waals surface area contributed by atoms with E-state index in [1.54, 1.807) is 6.33 Å². The van der Waals surface area contributed by atoms with Crippen LogP contribution in [0.5, 0.6) is 0 Å². The molecule has 1 unspecified atom stereocenters. The van der Waals surface area contributed by atoms with E-state index in [2.05, 4.69) is 53.1 Å². The van der Waals surface area contributed by atoms with Crippen LogP contribution in [0.25, 0.3) is 0 Å². The summed E-state index contributed by atoms with van der Waals surface area (Å²) in [5, 5.41) is 15.1. The lowest BCUT2D eigenvalue weighted by molar-refractivity contribution is 0.542. The zero-order valence-electron chi connectivity index (χ0n) is 16.0. The van der Waals surface area contributed by atoms with Gasteiger partial charge in [-0.3, -0.25) is 4.99 Å². The van der Waals surface area contributed by atoms with Crippen molar-refractivity contribution >= 4 is 5.96 Å². The molecule has 0 spiro atoms. The number of aryl methyl sites for hydroxylation is 1. The lowest BCUT2D eigenvalue weighted by Gasteiger charge is -2.18. The predicted molar refractivity (Wildman–Crippen MR) is 101 cm³/mol. The minimum Gasteiger partial charge on any atom is -0.355 e. The molecule has 0 aliphatic heterocycles. The summed E-state index contributed by atoms with van der Waals surface area (Å²) in [6.07, 6.45) is 10.0. The normalized spacial score (nSPS) is 13.1. The summed E-state index contributed by atoms with van der Waals surface area (Å²) in [6, 6.07) is 0.450. The largest absolute Gasteiger partial charge is 0.355 e. The Hall–Kier alpha value is -1.59. The molecule has 1 heterocycles. The van der Waals surface area contributed by atoms with Crippen LogP contribution in [0.2, 0.25) is 0 Å². The Bertz CT molecular complexity index is 454. The van der Waals surface area contributed by atoms with E-state index in [9.17, 15) is 0 Å². The maximum atomic E-state index is 4.70. The van der Waals surface area contributed by atoms with Crippen LogP contribution in [0.3, 0.4) is 0 Å². The average Bonchev–Trinajstić information content (AvgIpc) is 3.02. The molecule has 6 nitrogen and oxygen atoms in total. The first-order valence-electron chi connectivity index (χ1n) is 9.62. The lowest BCUT2D eigenvalue weighted by atomic mass is 10.1. The van der Waals surface area contributed by atoms with Gasteiger partial charge in [-0.1, -0.05) is 46.5 Å². The van der Waals surface area contributed by atoms with Crippen molar-refractivity contribution in [2.75, 3.05) is 13.1 Å². The van der Waals surface area contributed by atoms with E-state index >= 15 is 0 Å². The second kappa shape index (κ2) is 12.8. The van der Waals surface area contributed by atoms with Gasteiger partial charge in [0.25, 0.3) is 0 Å². The summed E-state index contributed by atoms with van der Waals surface area (Å²) in [5.74, 6) is 1.96. The molecule has 0 saturated carbocycles. The number of hydrogen-bond donors (Lipinski definition) is 2. The molecule has 24 heavy (non-hydrogen) atoms. The first kappa shape index (κ1) is 20.5. The van der Waals surface area contributed by atoms with Crippen molar-refractivity contribution in [3.05, 3.63) is 12.2 Å². The molecule has 0 amide bonds. The monoisotopic (exact) mass is 336 g/mol. The van der Waals surface area contributed by atoms with Crippen LogP contribution in [-0.2, 0) is 13.0 Å². The number of aliphatic imine (C=N–C) groups is 1. The van der Waals surface area contributed by atoms with E-state index in [4.69, 9.17) is 4.99 Å². The molecule has 1 aromatic rings. The highest BCUT2D eigenvalue weighted by molar-refractivity contribution is 5.80. The average molecular weight is 337 g/mol. The second-order valence-electron chi connectivity index (χ2n) is 6.35. The third-order valence-corrected chi connectivity index (χ3v) is 4.06. The SMILES string of the molecule is CCCCCC(C)NC(=NCCCC)NCCn1cnnc1CC. The summed E-state index contributed by atoms with van der Waals surface area (Å²) in [4.78, 5) is 4.70. The molecular weight excluding hydrogens is 300 g/mol. The molecule has 6 heteroatoms. The maximum absolute atomic E-state index is 4.70. The number of nitrogens with one attached hydrogen (secondary N) is 2. The van der Waals surface area contributed by atoms with Crippen molar-refractivity contribution in [2.24, 2.45) is 4.99 Å². The minimum absolute atomic E-state index is 0.450. The molecular formula is C18H36N6. The van der Waals surface area contributed by atoms with Gasteiger partial charge in [-0.05, 0) is 19.8 Å². The van der Waals surface area contributed by atoms with E-state index in [1.165, 1.54) is 32.1 Å². The van der Waals surface area contributed by atoms with E-state index in [-0.39, 0.29) is 0 Å². The second-order valence-corrected chi connectivity index (χ2v) is 6.35. The Morgan fingerprint density at radius 2 is 2.00 bits per heavy atom. The van der Waals surface area contributed by atoms with Crippen LogP contribution in [-0.4, -0.2) is 39.9 Å². The lowest BCUT2D eigenvalue weighted by Crippen LogP contribution is -2.43. The van der Waals surface area contributed by atoms with Gasteiger partial charge in [0.1, 0.15) is 12.2 Å². The minimum atomic E-state index is 0.450. The van der Waals surface area contributed by atoms with Crippen molar-refractivity contribution in [1.82, 2.24) is 25.4 Å². The van der Waals surface area contributed by atoms with Crippen molar-refractivity contribution < 1.29 is 0 Å². The Labute approximate surface area is 147 Å². The molecule has 1 aromatic heterocycles. The van der Waals surface area contributed by atoms with Crippen molar-refractivity contribution in [3.63, 3.8) is 0 Å².